The Hall–Kier alpha value is -2.07. The number of unbranched alkanes of at least 4 members (excludes halogenated alkanes) is 2. The second kappa shape index (κ2) is 9.28. The smallest absolute Gasteiger partial charge is 0.224 e. The zero-order chi connectivity index (χ0) is 17.4. The first-order valence-electron chi connectivity index (χ1n) is 7.97. The van der Waals surface area contributed by atoms with E-state index < -0.39 is 5.82 Å². The summed E-state index contributed by atoms with van der Waals surface area (Å²) in [7, 11) is 1.65. The van der Waals surface area contributed by atoms with E-state index in [1.165, 1.54) is 17.7 Å². The number of anilines is 1. The number of hydrogen-bond acceptors (Lipinski definition) is 2. The van der Waals surface area contributed by atoms with Gasteiger partial charge in [0.1, 0.15) is 11.6 Å². The van der Waals surface area contributed by atoms with Gasteiger partial charge in [-0.3, -0.25) is 4.79 Å². The van der Waals surface area contributed by atoms with Gasteiger partial charge in [-0.05, 0) is 49.1 Å². The van der Waals surface area contributed by atoms with Gasteiger partial charge in [-0.2, -0.15) is 0 Å². The van der Waals surface area contributed by atoms with Crippen molar-refractivity contribution in [3.8, 4) is 5.75 Å². The van der Waals surface area contributed by atoms with E-state index in [9.17, 15) is 9.18 Å². The summed E-state index contributed by atoms with van der Waals surface area (Å²) in [5, 5.41) is 2.75. The van der Waals surface area contributed by atoms with Crippen LogP contribution in [0.15, 0.2) is 42.5 Å². The highest BCUT2D eigenvalue weighted by atomic mass is 35.5. The van der Waals surface area contributed by atoms with E-state index in [0.29, 0.717) is 6.42 Å². The van der Waals surface area contributed by atoms with Crippen molar-refractivity contribution in [3.63, 3.8) is 0 Å². The van der Waals surface area contributed by atoms with Crippen molar-refractivity contribution < 1.29 is 13.9 Å². The first-order valence-corrected chi connectivity index (χ1v) is 8.34. The fourth-order valence-electron chi connectivity index (χ4n) is 2.40. The zero-order valence-corrected chi connectivity index (χ0v) is 14.4. The molecular weight excluding hydrogens is 329 g/mol. The number of methoxy groups -OCH3 is 1. The van der Waals surface area contributed by atoms with Gasteiger partial charge in [0.05, 0.1) is 17.8 Å². The van der Waals surface area contributed by atoms with Crippen LogP contribution in [0.2, 0.25) is 5.02 Å². The van der Waals surface area contributed by atoms with Crippen molar-refractivity contribution in [2.75, 3.05) is 12.4 Å². The monoisotopic (exact) mass is 349 g/mol. The average molecular weight is 350 g/mol. The van der Waals surface area contributed by atoms with Crippen LogP contribution in [0.25, 0.3) is 0 Å². The zero-order valence-electron chi connectivity index (χ0n) is 13.6. The topological polar surface area (TPSA) is 38.3 Å². The highest BCUT2D eigenvalue weighted by Gasteiger charge is 2.10. The van der Waals surface area contributed by atoms with E-state index in [4.69, 9.17) is 16.3 Å². The molecule has 24 heavy (non-hydrogen) atoms. The third kappa shape index (κ3) is 5.53. The number of halogens is 2. The van der Waals surface area contributed by atoms with Gasteiger partial charge < -0.3 is 10.1 Å². The number of benzene rings is 2. The Balaban J connectivity index is 1.67. The largest absolute Gasteiger partial charge is 0.497 e. The molecular formula is C19H21ClFNO2. The molecule has 0 saturated carbocycles. The number of hydrogen-bond donors (Lipinski definition) is 1. The number of para-hydroxylation sites is 1. The molecule has 0 aliphatic rings. The highest BCUT2D eigenvalue weighted by molar-refractivity contribution is 6.33. The molecule has 2 rings (SSSR count). The van der Waals surface area contributed by atoms with Gasteiger partial charge in [-0.25, -0.2) is 4.39 Å². The molecule has 0 bridgehead atoms. The number of carbonyl (C=O) groups excluding carboxylic acids is 1. The predicted octanol–water partition coefficient (Wildman–Crippen LogP) is 5.23. The molecule has 3 nitrogen and oxygen atoms in total. The fraction of sp³-hybridized carbons (Fsp3) is 0.316. The van der Waals surface area contributed by atoms with Crippen LogP contribution in [0, 0.1) is 5.82 Å². The van der Waals surface area contributed by atoms with Crippen LogP contribution >= 0.6 is 11.6 Å². The van der Waals surface area contributed by atoms with Crippen molar-refractivity contribution in [2.24, 2.45) is 0 Å². The minimum absolute atomic E-state index is 0.0578. The van der Waals surface area contributed by atoms with Crippen molar-refractivity contribution in [2.45, 2.75) is 32.1 Å². The highest BCUT2D eigenvalue weighted by Crippen LogP contribution is 2.24. The molecule has 1 N–H and O–H groups in total. The second-order valence-corrected chi connectivity index (χ2v) is 5.96. The van der Waals surface area contributed by atoms with Crippen molar-refractivity contribution in [1.29, 1.82) is 0 Å². The molecule has 0 aliphatic carbocycles. The lowest BCUT2D eigenvalue weighted by atomic mass is 10.1. The number of carbonyl (C=O) groups is 1. The molecule has 2 aromatic carbocycles. The number of aryl methyl sites for hydroxylation is 1. The standard InChI is InChI=1S/C19H21ClFNO2/c1-24-15-12-10-14(11-13-15)6-3-2-4-9-18(23)22-19-16(20)7-5-8-17(19)21/h5,7-8,10-13H,2-4,6,9H2,1H3,(H,22,23). The van der Waals surface area contributed by atoms with Gasteiger partial charge in [0, 0.05) is 6.42 Å². The predicted molar refractivity (Wildman–Crippen MR) is 95.2 cm³/mol. The molecule has 0 unspecified atom stereocenters. The molecule has 5 heteroatoms. The van der Waals surface area contributed by atoms with E-state index in [-0.39, 0.29) is 16.6 Å². The molecule has 0 radical (unpaired) electrons. The van der Waals surface area contributed by atoms with Crippen LogP contribution < -0.4 is 10.1 Å². The third-order valence-corrected chi connectivity index (χ3v) is 4.07. The summed E-state index contributed by atoms with van der Waals surface area (Å²) in [5.41, 5.74) is 1.31. The Labute approximate surface area is 146 Å². The summed E-state index contributed by atoms with van der Waals surface area (Å²) in [6, 6.07) is 12.3. The molecule has 0 fully saturated rings. The molecule has 128 valence electrons. The minimum Gasteiger partial charge on any atom is -0.497 e. The van der Waals surface area contributed by atoms with E-state index in [2.05, 4.69) is 5.32 Å². The summed E-state index contributed by atoms with van der Waals surface area (Å²) in [6.45, 7) is 0. The fourth-order valence-corrected chi connectivity index (χ4v) is 2.61. The number of nitrogens with one attached hydrogen (secondary N) is 1. The molecule has 0 saturated heterocycles. The summed E-state index contributed by atoms with van der Waals surface area (Å²) < 4.78 is 18.7. The quantitative estimate of drug-likeness (QED) is 0.663. The van der Waals surface area contributed by atoms with Crippen LogP contribution in [0.4, 0.5) is 10.1 Å². The molecule has 0 aromatic heterocycles. The molecule has 0 heterocycles. The van der Waals surface area contributed by atoms with E-state index >= 15 is 0 Å². The maximum Gasteiger partial charge on any atom is 0.224 e. The summed E-state index contributed by atoms with van der Waals surface area (Å²) >= 11 is 5.88. The Morgan fingerprint density at radius 2 is 1.88 bits per heavy atom. The third-order valence-electron chi connectivity index (χ3n) is 3.76. The molecule has 0 aliphatic heterocycles. The van der Waals surface area contributed by atoms with E-state index in [0.717, 1.165) is 31.4 Å². The number of rotatable bonds is 8. The lowest BCUT2D eigenvalue weighted by molar-refractivity contribution is -0.116. The van der Waals surface area contributed by atoms with Crippen LogP contribution in [0.5, 0.6) is 5.75 Å². The lowest BCUT2D eigenvalue weighted by Gasteiger charge is -2.08. The van der Waals surface area contributed by atoms with Gasteiger partial charge in [0.25, 0.3) is 0 Å². The van der Waals surface area contributed by atoms with Gasteiger partial charge >= 0.3 is 0 Å². The van der Waals surface area contributed by atoms with Crippen LogP contribution in [-0.4, -0.2) is 13.0 Å². The van der Waals surface area contributed by atoms with Crippen LogP contribution in [0.1, 0.15) is 31.2 Å². The van der Waals surface area contributed by atoms with Crippen LogP contribution in [-0.2, 0) is 11.2 Å². The van der Waals surface area contributed by atoms with Gasteiger partial charge in [0.2, 0.25) is 5.91 Å². The van der Waals surface area contributed by atoms with Gasteiger partial charge in [0.15, 0.2) is 0 Å². The van der Waals surface area contributed by atoms with E-state index in [1.807, 2.05) is 24.3 Å². The van der Waals surface area contributed by atoms with Crippen molar-refractivity contribution in [3.05, 3.63) is 58.9 Å². The van der Waals surface area contributed by atoms with Gasteiger partial charge in [-0.15, -0.1) is 0 Å². The lowest BCUT2D eigenvalue weighted by Crippen LogP contribution is -2.12. The Morgan fingerprint density at radius 1 is 1.12 bits per heavy atom. The molecule has 0 spiro atoms. The Kier molecular flexibility index (Phi) is 7.07. The first-order chi connectivity index (χ1) is 11.6. The van der Waals surface area contributed by atoms with Gasteiger partial charge in [-0.1, -0.05) is 36.2 Å². The average Bonchev–Trinajstić information content (AvgIpc) is 2.58. The molecule has 0 atom stereocenters. The number of amides is 1. The minimum atomic E-state index is -0.518. The SMILES string of the molecule is COc1ccc(CCCCCC(=O)Nc2c(F)cccc2Cl)cc1. The van der Waals surface area contributed by atoms with Crippen molar-refractivity contribution >= 4 is 23.2 Å². The molecule has 1 amide bonds. The Morgan fingerprint density at radius 3 is 2.54 bits per heavy atom. The maximum absolute atomic E-state index is 13.6. The molecule has 2 aromatic rings. The maximum atomic E-state index is 13.6. The Bertz CT molecular complexity index is 653. The van der Waals surface area contributed by atoms with Crippen LogP contribution in [0.3, 0.4) is 0 Å². The normalized spacial score (nSPS) is 10.5. The summed E-state index contributed by atoms with van der Waals surface area (Å²) in [5.74, 6) is 0.115. The summed E-state index contributed by atoms with van der Waals surface area (Å²) in [6.07, 6.45) is 4.01. The summed E-state index contributed by atoms with van der Waals surface area (Å²) in [4.78, 5) is 11.9. The van der Waals surface area contributed by atoms with E-state index in [1.54, 1.807) is 13.2 Å². The number of ether oxygens (including phenoxy) is 1. The van der Waals surface area contributed by atoms with Crippen molar-refractivity contribution in [1.82, 2.24) is 0 Å². The first kappa shape index (κ1) is 18.3. The second-order valence-electron chi connectivity index (χ2n) is 5.55.